The number of carboxylic acids is 1. The Balaban J connectivity index is 2.41. The molecule has 0 saturated heterocycles. The fourth-order valence-corrected chi connectivity index (χ4v) is 1.24. The van der Waals surface area contributed by atoms with E-state index in [1.54, 1.807) is 24.3 Å². The molecule has 1 aromatic carbocycles. The zero-order valence-corrected chi connectivity index (χ0v) is 8.10. The second kappa shape index (κ2) is 3.70. The van der Waals surface area contributed by atoms with Gasteiger partial charge in [0.25, 0.3) is 0 Å². The van der Waals surface area contributed by atoms with Gasteiger partial charge < -0.3 is 9.52 Å². The third-order valence-corrected chi connectivity index (χ3v) is 1.91. The van der Waals surface area contributed by atoms with Crippen molar-refractivity contribution in [2.45, 2.75) is 0 Å². The van der Waals surface area contributed by atoms with Gasteiger partial charge in [-0.05, 0) is 18.2 Å². The third kappa shape index (κ3) is 1.97. The van der Waals surface area contributed by atoms with Crippen molar-refractivity contribution in [2.24, 2.45) is 0 Å². The smallest absolute Gasteiger partial charge is 0.393 e. The third-order valence-electron chi connectivity index (χ3n) is 1.68. The maximum Gasteiger partial charge on any atom is 0.393 e. The van der Waals surface area contributed by atoms with Gasteiger partial charge in [-0.15, -0.1) is 10.2 Å². The molecule has 0 fully saturated rings. The number of halogens is 1. The molecule has 1 aromatic heterocycles. The Labute approximate surface area is 89.3 Å². The van der Waals surface area contributed by atoms with E-state index in [9.17, 15) is 4.79 Å². The molecule has 0 bridgehead atoms. The van der Waals surface area contributed by atoms with Crippen molar-refractivity contribution in [3.8, 4) is 11.5 Å². The van der Waals surface area contributed by atoms with Crippen molar-refractivity contribution in [3.05, 3.63) is 35.2 Å². The molecule has 0 aliphatic carbocycles. The lowest BCUT2D eigenvalue weighted by atomic mass is 10.2. The summed E-state index contributed by atoms with van der Waals surface area (Å²) in [6.45, 7) is 0. The first kappa shape index (κ1) is 9.67. The van der Waals surface area contributed by atoms with E-state index in [0.717, 1.165) is 0 Å². The largest absolute Gasteiger partial charge is 0.474 e. The molecule has 0 unspecified atom stereocenters. The molecule has 5 nitrogen and oxygen atoms in total. The monoisotopic (exact) mass is 224 g/mol. The molecule has 6 heteroatoms. The number of carbonyl (C=O) groups is 1. The first-order valence-electron chi connectivity index (χ1n) is 3.99. The molecule has 0 aliphatic rings. The highest BCUT2D eigenvalue weighted by molar-refractivity contribution is 6.30. The number of carboxylic acid groups (broad SMARTS) is 1. The van der Waals surface area contributed by atoms with Crippen LogP contribution in [0.25, 0.3) is 11.5 Å². The predicted octanol–water partition coefficient (Wildman–Crippen LogP) is 2.09. The van der Waals surface area contributed by atoms with Crippen LogP contribution in [-0.4, -0.2) is 21.3 Å². The number of aromatic nitrogens is 2. The standard InChI is InChI=1S/C9H5ClN2O3/c10-6-3-1-2-5(4-6)7-11-12-8(15-7)9(13)14/h1-4H,(H,13,14). The lowest BCUT2D eigenvalue weighted by molar-refractivity contribution is 0.0654. The van der Waals surface area contributed by atoms with Gasteiger partial charge in [-0.1, -0.05) is 17.7 Å². The van der Waals surface area contributed by atoms with Crippen molar-refractivity contribution in [3.63, 3.8) is 0 Å². The molecule has 15 heavy (non-hydrogen) atoms. The first-order chi connectivity index (χ1) is 7.16. The Bertz CT molecular complexity index is 510. The molecule has 0 radical (unpaired) electrons. The van der Waals surface area contributed by atoms with Gasteiger partial charge in [0.1, 0.15) is 0 Å². The van der Waals surface area contributed by atoms with Crippen molar-refractivity contribution >= 4 is 17.6 Å². The average molecular weight is 225 g/mol. The number of rotatable bonds is 2. The normalized spacial score (nSPS) is 10.2. The summed E-state index contributed by atoms with van der Waals surface area (Å²) >= 11 is 5.76. The van der Waals surface area contributed by atoms with E-state index in [1.807, 2.05) is 0 Å². The molecular formula is C9H5ClN2O3. The SMILES string of the molecule is O=C(O)c1nnc(-c2cccc(Cl)c2)o1. The lowest BCUT2D eigenvalue weighted by Crippen LogP contribution is -1.95. The van der Waals surface area contributed by atoms with Crippen LogP contribution in [0.1, 0.15) is 10.7 Å². The summed E-state index contributed by atoms with van der Waals surface area (Å²) in [5.74, 6) is -1.56. The van der Waals surface area contributed by atoms with Crippen molar-refractivity contribution in [2.75, 3.05) is 0 Å². The zero-order valence-electron chi connectivity index (χ0n) is 7.35. The summed E-state index contributed by atoms with van der Waals surface area (Å²) in [7, 11) is 0. The summed E-state index contributed by atoms with van der Waals surface area (Å²) in [6.07, 6.45) is 0. The topological polar surface area (TPSA) is 76.2 Å². The minimum absolute atomic E-state index is 0.134. The van der Waals surface area contributed by atoms with E-state index < -0.39 is 11.9 Å². The minimum Gasteiger partial charge on any atom is -0.474 e. The molecule has 1 N–H and O–H groups in total. The van der Waals surface area contributed by atoms with Crippen LogP contribution >= 0.6 is 11.6 Å². The Morgan fingerprint density at radius 1 is 1.40 bits per heavy atom. The minimum atomic E-state index is -1.25. The molecule has 0 amide bonds. The number of aromatic carboxylic acids is 1. The molecule has 1 heterocycles. The van der Waals surface area contributed by atoms with Crippen LogP contribution in [0.4, 0.5) is 0 Å². The Morgan fingerprint density at radius 3 is 2.80 bits per heavy atom. The average Bonchev–Trinajstić information content (AvgIpc) is 2.66. The highest BCUT2D eigenvalue weighted by Crippen LogP contribution is 2.21. The molecule has 76 valence electrons. The van der Waals surface area contributed by atoms with E-state index in [1.165, 1.54) is 0 Å². The van der Waals surface area contributed by atoms with Gasteiger partial charge in [-0.25, -0.2) is 4.79 Å². The summed E-state index contributed by atoms with van der Waals surface area (Å²) in [5, 5.41) is 16.0. The maximum atomic E-state index is 10.5. The Kier molecular flexibility index (Phi) is 2.39. The summed E-state index contributed by atoms with van der Waals surface area (Å²) in [4.78, 5) is 10.5. The van der Waals surface area contributed by atoms with Gasteiger partial charge in [-0.3, -0.25) is 0 Å². The van der Waals surface area contributed by atoms with Gasteiger partial charge in [0, 0.05) is 10.6 Å². The molecule has 0 aliphatic heterocycles. The highest BCUT2D eigenvalue weighted by Gasteiger charge is 2.13. The first-order valence-corrected chi connectivity index (χ1v) is 4.37. The van der Waals surface area contributed by atoms with Crippen LogP contribution < -0.4 is 0 Å². The number of nitrogens with zero attached hydrogens (tertiary/aromatic N) is 2. The van der Waals surface area contributed by atoms with Crippen LogP contribution in [0.15, 0.2) is 28.7 Å². The maximum absolute atomic E-state index is 10.5. The Hall–Kier alpha value is -1.88. The summed E-state index contributed by atoms with van der Waals surface area (Å²) < 4.78 is 4.91. The van der Waals surface area contributed by atoms with Crippen molar-refractivity contribution in [1.29, 1.82) is 0 Å². The fourth-order valence-electron chi connectivity index (χ4n) is 1.05. The van der Waals surface area contributed by atoms with E-state index in [2.05, 4.69) is 10.2 Å². The van der Waals surface area contributed by atoms with Crippen LogP contribution in [-0.2, 0) is 0 Å². The summed E-state index contributed by atoms with van der Waals surface area (Å²) in [5.41, 5.74) is 0.586. The molecule has 2 rings (SSSR count). The van der Waals surface area contributed by atoms with Crippen LogP contribution in [0.5, 0.6) is 0 Å². The second-order valence-electron chi connectivity index (χ2n) is 2.73. The Morgan fingerprint density at radius 2 is 2.20 bits per heavy atom. The second-order valence-corrected chi connectivity index (χ2v) is 3.16. The molecule has 0 spiro atoms. The highest BCUT2D eigenvalue weighted by atomic mass is 35.5. The summed E-state index contributed by atoms with van der Waals surface area (Å²) in [6, 6.07) is 6.72. The molecular weight excluding hydrogens is 220 g/mol. The van der Waals surface area contributed by atoms with Crippen LogP contribution in [0.3, 0.4) is 0 Å². The quantitative estimate of drug-likeness (QED) is 0.845. The van der Waals surface area contributed by atoms with Gasteiger partial charge in [0.2, 0.25) is 5.89 Å². The van der Waals surface area contributed by atoms with E-state index >= 15 is 0 Å². The predicted molar refractivity (Wildman–Crippen MR) is 51.7 cm³/mol. The van der Waals surface area contributed by atoms with Gasteiger partial charge in [-0.2, -0.15) is 0 Å². The van der Waals surface area contributed by atoms with Crippen LogP contribution in [0, 0.1) is 0 Å². The van der Waals surface area contributed by atoms with Gasteiger partial charge in [0.15, 0.2) is 0 Å². The van der Waals surface area contributed by atoms with E-state index in [0.29, 0.717) is 10.6 Å². The van der Waals surface area contributed by atoms with Crippen LogP contribution in [0.2, 0.25) is 5.02 Å². The zero-order chi connectivity index (χ0) is 10.8. The number of hydrogen-bond acceptors (Lipinski definition) is 4. The van der Waals surface area contributed by atoms with E-state index in [4.69, 9.17) is 21.1 Å². The number of benzene rings is 1. The lowest BCUT2D eigenvalue weighted by Gasteiger charge is -1.93. The van der Waals surface area contributed by atoms with E-state index in [-0.39, 0.29) is 5.89 Å². The molecule has 2 aromatic rings. The fraction of sp³-hybridized carbons (Fsp3) is 0. The molecule has 0 atom stereocenters. The number of hydrogen-bond donors (Lipinski definition) is 1. The van der Waals surface area contributed by atoms with Gasteiger partial charge in [0.05, 0.1) is 0 Å². The van der Waals surface area contributed by atoms with Gasteiger partial charge >= 0.3 is 11.9 Å². The van der Waals surface area contributed by atoms with Crippen molar-refractivity contribution in [1.82, 2.24) is 10.2 Å². The van der Waals surface area contributed by atoms with Crippen molar-refractivity contribution < 1.29 is 14.3 Å². The molecule has 0 saturated carbocycles.